The average Bonchev–Trinajstić information content (AvgIpc) is 2.48. The highest BCUT2D eigenvalue weighted by Gasteiger charge is 2.20. The van der Waals surface area contributed by atoms with E-state index in [9.17, 15) is 0 Å². The zero-order valence-electron chi connectivity index (χ0n) is 13.1. The first-order valence-corrected chi connectivity index (χ1v) is 7.85. The maximum atomic E-state index is 5.56. The zero-order valence-corrected chi connectivity index (χ0v) is 13.1. The molecule has 0 amide bonds. The van der Waals surface area contributed by atoms with Crippen molar-refractivity contribution < 1.29 is 4.74 Å². The first-order chi connectivity index (χ1) is 9.74. The molecule has 1 N–H and O–H groups in total. The van der Waals surface area contributed by atoms with Crippen molar-refractivity contribution in [1.82, 2.24) is 10.2 Å². The molecule has 2 rings (SSSR count). The highest BCUT2D eigenvalue weighted by atomic mass is 16.5. The van der Waals surface area contributed by atoms with Crippen molar-refractivity contribution in [2.75, 3.05) is 33.3 Å². The molecule has 3 nitrogen and oxygen atoms in total. The van der Waals surface area contributed by atoms with Crippen LogP contribution >= 0.6 is 0 Å². The fraction of sp³-hybridized carbons (Fsp3) is 0.647. The Bertz CT molecular complexity index is 413. The van der Waals surface area contributed by atoms with Gasteiger partial charge in [-0.05, 0) is 45.5 Å². The summed E-state index contributed by atoms with van der Waals surface area (Å²) in [5, 5.41) is 3.63. The fourth-order valence-corrected chi connectivity index (χ4v) is 3.05. The Kier molecular flexibility index (Phi) is 5.86. The van der Waals surface area contributed by atoms with Crippen molar-refractivity contribution in [3.8, 4) is 5.75 Å². The van der Waals surface area contributed by atoms with E-state index < -0.39 is 0 Å². The molecule has 3 heteroatoms. The molecule has 1 aliphatic heterocycles. The molecular weight excluding hydrogens is 248 g/mol. The number of nitrogens with zero attached hydrogens (tertiary/aromatic N) is 1. The number of ether oxygens (including phenoxy) is 1. The number of rotatable bonds is 6. The molecule has 0 spiro atoms. The van der Waals surface area contributed by atoms with Crippen molar-refractivity contribution in [3.05, 3.63) is 29.3 Å². The summed E-state index contributed by atoms with van der Waals surface area (Å²) < 4.78 is 5.56. The quantitative estimate of drug-likeness (QED) is 0.864. The molecular formula is C17H28N2O. The molecule has 1 aromatic rings. The topological polar surface area (TPSA) is 24.5 Å². The predicted molar refractivity (Wildman–Crippen MR) is 84.4 cm³/mol. The van der Waals surface area contributed by atoms with Gasteiger partial charge in [-0.25, -0.2) is 0 Å². The average molecular weight is 276 g/mol. The van der Waals surface area contributed by atoms with Gasteiger partial charge in [0.1, 0.15) is 5.75 Å². The minimum atomic E-state index is 0.355. The van der Waals surface area contributed by atoms with Crippen molar-refractivity contribution in [3.63, 3.8) is 0 Å². The van der Waals surface area contributed by atoms with Crippen LogP contribution in [-0.2, 0) is 0 Å². The molecule has 0 saturated carbocycles. The molecule has 1 heterocycles. The summed E-state index contributed by atoms with van der Waals surface area (Å²) in [4.78, 5) is 2.58. The van der Waals surface area contributed by atoms with Crippen molar-refractivity contribution in [2.45, 2.75) is 39.2 Å². The Balaban J connectivity index is 2.16. The molecule has 0 aliphatic carbocycles. The van der Waals surface area contributed by atoms with Gasteiger partial charge in [0, 0.05) is 18.2 Å². The number of hydrogen-bond acceptors (Lipinski definition) is 3. The number of aryl methyl sites for hydroxylation is 1. The number of likely N-dealkylation sites (tertiary alicyclic amines) is 1. The molecule has 0 radical (unpaired) electrons. The summed E-state index contributed by atoms with van der Waals surface area (Å²) in [7, 11) is 1.76. The van der Waals surface area contributed by atoms with Gasteiger partial charge >= 0.3 is 0 Å². The van der Waals surface area contributed by atoms with Crippen molar-refractivity contribution in [2.24, 2.45) is 0 Å². The molecule has 0 bridgehead atoms. The van der Waals surface area contributed by atoms with Crippen LogP contribution in [0.2, 0.25) is 0 Å². The number of likely N-dealkylation sites (N-methyl/N-ethyl adjacent to an activating group) is 1. The van der Waals surface area contributed by atoms with Crippen LogP contribution in [0.5, 0.6) is 5.75 Å². The van der Waals surface area contributed by atoms with Gasteiger partial charge in [0.2, 0.25) is 0 Å². The van der Waals surface area contributed by atoms with Crippen molar-refractivity contribution >= 4 is 0 Å². The second kappa shape index (κ2) is 7.65. The van der Waals surface area contributed by atoms with Gasteiger partial charge in [0.15, 0.2) is 0 Å². The third-order valence-corrected chi connectivity index (χ3v) is 4.10. The number of nitrogens with one attached hydrogen (secondary N) is 1. The lowest BCUT2D eigenvalue weighted by Gasteiger charge is -2.31. The Morgan fingerprint density at radius 3 is 2.65 bits per heavy atom. The summed E-state index contributed by atoms with van der Waals surface area (Å²) in [5.74, 6) is 0.999. The van der Waals surface area contributed by atoms with Crippen LogP contribution in [0.25, 0.3) is 0 Å². The van der Waals surface area contributed by atoms with Crippen LogP contribution in [0.1, 0.15) is 43.4 Å². The Labute approximate surface area is 123 Å². The Morgan fingerprint density at radius 2 is 2.00 bits per heavy atom. The molecule has 112 valence electrons. The van der Waals surface area contributed by atoms with E-state index in [1.54, 1.807) is 7.11 Å². The maximum Gasteiger partial charge on any atom is 0.123 e. The first-order valence-electron chi connectivity index (χ1n) is 7.85. The molecule has 1 saturated heterocycles. The van der Waals surface area contributed by atoms with E-state index in [2.05, 4.69) is 42.3 Å². The van der Waals surface area contributed by atoms with Gasteiger partial charge in [0.25, 0.3) is 0 Å². The molecule has 1 aliphatic rings. The number of benzene rings is 1. The second-order valence-corrected chi connectivity index (χ2v) is 5.72. The number of methoxy groups -OCH3 is 1. The van der Waals surface area contributed by atoms with E-state index in [0.717, 1.165) is 18.8 Å². The highest BCUT2D eigenvalue weighted by Crippen LogP contribution is 2.27. The first kappa shape index (κ1) is 15.3. The van der Waals surface area contributed by atoms with Crippen molar-refractivity contribution in [1.29, 1.82) is 0 Å². The third kappa shape index (κ3) is 3.97. The lowest BCUT2D eigenvalue weighted by molar-refractivity contribution is 0.204. The lowest BCUT2D eigenvalue weighted by Crippen LogP contribution is -2.38. The van der Waals surface area contributed by atoms with E-state index in [1.165, 1.54) is 43.5 Å². The van der Waals surface area contributed by atoms with E-state index in [1.807, 2.05) is 0 Å². The van der Waals surface area contributed by atoms with Gasteiger partial charge in [0.05, 0.1) is 7.11 Å². The van der Waals surface area contributed by atoms with E-state index in [0.29, 0.717) is 6.04 Å². The van der Waals surface area contributed by atoms with Gasteiger partial charge < -0.3 is 15.0 Å². The molecule has 1 aromatic carbocycles. The minimum absolute atomic E-state index is 0.355. The fourth-order valence-electron chi connectivity index (χ4n) is 3.05. The van der Waals surface area contributed by atoms with Crippen LogP contribution in [0.15, 0.2) is 18.2 Å². The van der Waals surface area contributed by atoms with Crippen LogP contribution in [0, 0.1) is 6.92 Å². The summed E-state index contributed by atoms with van der Waals surface area (Å²) in [5.41, 5.74) is 2.59. The monoisotopic (exact) mass is 276 g/mol. The second-order valence-electron chi connectivity index (χ2n) is 5.72. The molecule has 1 fully saturated rings. The molecule has 0 aromatic heterocycles. The predicted octanol–water partition coefficient (Wildman–Crippen LogP) is 3.14. The highest BCUT2D eigenvalue weighted by molar-refractivity contribution is 5.39. The molecule has 1 unspecified atom stereocenters. The van der Waals surface area contributed by atoms with E-state index in [-0.39, 0.29) is 0 Å². The largest absolute Gasteiger partial charge is 0.496 e. The maximum absolute atomic E-state index is 5.56. The van der Waals surface area contributed by atoms with Crippen LogP contribution in [0.3, 0.4) is 0 Å². The summed E-state index contributed by atoms with van der Waals surface area (Å²) in [6.07, 6.45) is 4.06. The number of piperidine rings is 1. The van der Waals surface area contributed by atoms with Crippen LogP contribution in [-0.4, -0.2) is 38.2 Å². The smallest absolute Gasteiger partial charge is 0.123 e. The van der Waals surface area contributed by atoms with E-state index >= 15 is 0 Å². The van der Waals surface area contributed by atoms with Gasteiger partial charge in [-0.2, -0.15) is 0 Å². The van der Waals surface area contributed by atoms with Crippen LogP contribution in [0.4, 0.5) is 0 Å². The summed E-state index contributed by atoms with van der Waals surface area (Å²) in [6.45, 7) is 8.84. The normalized spacial score (nSPS) is 17.9. The lowest BCUT2D eigenvalue weighted by atomic mass is 10.0. The third-order valence-electron chi connectivity index (χ3n) is 4.10. The zero-order chi connectivity index (χ0) is 14.4. The van der Waals surface area contributed by atoms with Gasteiger partial charge in [-0.3, -0.25) is 0 Å². The van der Waals surface area contributed by atoms with Crippen LogP contribution < -0.4 is 10.1 Å². The molecule has 1 atom stereocenters. The molecule has 20 heavy (non-hydrogen) atoms. The summed E-state index contributed by atoms with van der Waals surface area (Å²) in [6, 6.07) is 6.82. The SMILES string of the molecule is CCNC(CN1CCCCC1)c1cc(C)ccc1OC. The Morgan fingerprint density at radius 1 is 1.25 bits per heavy atom. The van der Waals surface area contributed by atoms with Gasteiger partial charge in [-0.15, -0.1) is 0 Å². The minimum Gasteiger partial charge on any atom is -0.496 e. The Hall–Kier alpha value is -1.06. The number of hydrogen-bond donors (Lipinski definition) is 1. The summed E-state index contributed by atoms with van der Waals surface area (Å²) >= 11 is 0. The van der Waals surface area contributed by atoms with Gasteiger partial charge in [-0.1, -0.05) is 31.0 Å². The standard InChI is InChI=1S/C17H28N2O/c1-4-18-16(13-19-10-6-5-7-11-19)15-12-14(2)8-9-17(15)20-3/h8-9,12,16,18H,4-7,10-11,13H2,1-3H3. The van der Waals surface area contributed by atoms with E-state index in [4.69, 9.17) is 4.74 Å².